The van der Waals surface area contributed by atoms with Crippen molar-refractivity contribution < 1.29 is 24.2 Å². The molecular formula is C16H20N2O5S. The van der Waals surface area contributed by atoms with Crippen LogP contribution in [0.5, 0.6) is 5.75 Å². The first kappa shape index (κ1) is 18.3. The number of ether oxygens (including phenoxy) is 1. The number of thioether (sulfide) groups is 1. The van der Waals surface area contributed by atoms with Crippen molar-refractivity contribution in [2.24, 2.45) is 0 Å². The van der Waals surface area contributed by atoms with Crippen LogP contribution in [-0.2, 0) is 14.4 Å². The lowest BCUT2D eigenvalue weighted by Gasteiger charge is -2.21. The molecule has 0 aromatic heterocycles. The fourth-order valence-corrected chi connectivity index (χ4v) is 3.86. The second-order valence-corrected chi connectivity index (χ2v) is 7.71. The molecule has 1 saturated heterocycles. The zero-order chi connectivity index (χ0) is 17.7. The van der Waals surface area contributed by atoms with Crippen LogP contribution in [-0.4, -0.2) is 52.1 Å². The summed E-state index contributed by atoms with van der Waals surface area (Å²) in [5.74, 6) is -0.885. The molecule has 3 N–H and O–H groups in total. The molecule has 3 atom stereocenters. The van der Waals surface area contributed by atoms with E-state index in [1.807, 2.05) is 6.07 Å². The van der Waals surface area contributed by atoms with Crippen LogP contribution in [0.2, 0.25) is 0 Å². The highest BCUT2D eigenvalue weighted by Crippen LogP contribution is 2.38. The maximum Gasteiger partial charge on any atom is 0.322 e. The average molecular weight is 352 g/mol. The number of aliphatic carboxylic acids is 1. The summed E-state index contributed by atoms with van der Waals surface area (Å²) >= 11 is 1.31. The van der Waals surface area contributed by atoms with Crippen molar-refractivity contribution in [3.05, 3.63) is 30.3 Å². The Morgan fingerprint density at radius 3 is 2.62 bits per heavy atom. The van der Waals surface area contributed by atoms with Gasteiger partial charge in [0.2, 0.25) is 0 Å². The third-order valence-electron chi connectivity index (χ3n) is 3.62. The fraction of sp³-hybridized carbons (Fsp3) is 0.438. The molecule has 0 spiro atoms. The Morgan fingerprint density at radius 2 is 2.08 bits per heavy atom. The Balaban J connectivity index is 1.91. The number of carboxylic acid groups (broad SMARTS) is 1. The van der Waals surface area contributed by atoms with Crippen LogP contribution < -0.4 is 15.4 Å². The minimum absolute atomic E-state index is 0.225. The van der Waals surface area contributed by atoms with E-state index >= 15 is 0 Å². The molecule has 1 amide bonds. The summed E-state index contributed by atoms with van der Waals surface area (Å²) < 4.78 is 4.73. The predicted octanol–water partition coefficient (Wildman–Crippen LogP) is 0.643. The van der Waals surface area contributed by atoms with Gasteiger partial charge in [-0.15, -0.1) is 11.8 Å². The molecule has 0 radical (unpaired) electrons. The minimum atomic E-state index is -0.988. The Kier molecular flexibility index (Phi) is 5.84. The van der Waals surface area contributed by atoms with E-state index in [2.05, 4.69) is 10.6 Å². The van der Waals surface area contributed by atoms with E-state index in [1.165, 1.54) is 11.8 Å². The number of nitrogens with one attached hydrogen (secondary N) is 2. The van der Waals surface area contributed by atoms with Crippen LogP contribution in [0.25, 0.3) is 0 Å². The van der Waals surface area contributed by atoms with Gasteiger partial charge in [0.15, 0.2) is 6.61 Å². The maximum atomic E-state index is 12.0. The van der Waals surface area contributed by atoms with Gasteiger partial charge in [-0.3, -0.25) is 14.9 Å². The first-order valence-electron chi connectivity index (χ1n) is 7.42. The van der Waals surface area contributed by atoms with E-state index in [1.54, 1.807) is 38.1 Å². The summed E-state index contributed by atoms with van der Waals surface area (Å²) in [6, 6.07) is 7.21. The number of carboxylic acids is 1. The molecule has 0 unspecified atom stereocenters. The van der Waals surface area contributed by atoms with Gasteiger partial charge in [0.1, 0.15) is 24.1 Å². The molecule has 0 saturated carbocycles. The second-order valence-electron chi connectivity index (χ2n) is 5.91. The number of hydrogen-bond donors (Lipinski definition) is 3. The first-order valence-corrected chi connectivity index (χ1v) is 8.30. The summed E-state index contributed by atoms with van der Waals surface area (Å²) in [7, 11) is 0. The van der Waals surface area contributed by atoms with Crippen molar-refractivity contribution >= 4 is 29.9 Å². The molecular weight excluding hydrogens is 332 g/mol. The smallest absolute Gasteiger partial charge is 0.322 e. The van der Waals surface area contributed by atoms with Crippen molar-refractivity contribution in [1.82, 2.24) is 10.6 Å². The molecule has 24 heavy (non-hydrogen) atoms. The molecule has 0 bridgehead atoms. The molecule has 1 aromatic rings. The van der Waals surface area contributed by atoms with Gasteiger partial charge in [0.25, 0.3) is 5.91 Å². The Labute approximate surface area is 144 Å². The van der Waals surface area contributed by atoms with Crippen LogP contribution in [0.15, 0.2) is 30.3 Å². The second kappa shape index (κ2) is 7.67. The number of carbonyl (C=O) groups excluding carboxylic acids is 2. The summed E-state index contributed by atoms with van der Waals surface area (Å²) in [6.07, 6.45) is 0.603. The SMILES string of the molecule is CC1(C)S[C@H]([C@@H](C=O)NC(=O)COc2ccccc2)N[C@H]1C(=O)O. The third-order valence-corrected chi connectivity index (χ3v) is 5.14. The quantitative estimate of drug-likeness (QED) is 0.619. The molecule has 130 valence electrons. The Bertz CT molecular complexity index is 608. The van der Waals surface area contributed by atoms with E-state index in [-0.39, 0.29) is 6.61 Å². The Hall–Kier alpha value is -2.06. The predicted molar refractivity (Wildman–Crippen MR) is 89.9 cm³/mol. The molecule has 1 aliphatic heterocycles. The van der Waals surface area contributed by atoms with Gasteiger partial charge < -0.3 is 20.0 Å². The fourth-order valence-electron chi connectivity index (χ4n) is 2.41. The van der Waals surface area contributed by atoms with E-state index in [0.717, 1.165) is 0 Å². The average Bonchev–Trinajstić information content (AvgIpc) is 2.87. The molecule has 1 heterocycles. The van der Waals surface area contributed by atoms with Crippen molar-refractivity contribution in [2.75, 3.05) is 6.61 Å². The van der Waals surface area contributed by atoms with Crippen molar-refractivity contribution in [3.63, 3.8) is 0 Å². The monoisotopic (exact) mass is 352 g/mol. The molecule has 2 rings (SSSR count). The van der Waals surface area contributed by atoms with E-state index in [9.17, 15) is 19.5 Å². The lowest BCUT2D eigenvalue weighted by atomic mass is 10.0. The zero-order valence-electron chi connectivity index (χ0n) is 13.4. The maximum absolute atomic E-state index is 12.0. The molecule has 1 aromatic carbocycles. The lowest BCUT2D eigenvalue weighted by Crippen LogP contribution is -2.52. The number of hydrogen-bond acceptors (Lipinski definition) is 6. The molecule has 1 fully saturated rings. The summed E-state index contributed by atoms with van der Waals surface area (Å²) in [6.45, 7) is 3.34. The largest absolute Gasteiger partial charge is 0.484 e. The van der Waals surface area contributed by atoms with Crippen LogP contribution in [0.1, 0.15) is 13.8 Å². The minimum Gasteiger partial charge on any atom is -0.484 e. The molecule has 8 heteroatoms. The van der Waals surface area contributed by atoms with Gasteiger partial charge in [-0.05, 0) is 26.0 Å². The molecule has 1 aliphatic rings. The van der Waals surface area contributed by atoms with Gasteiger partial charge in [0.05, 0.1) is 5.37 Å². The van der Waals surface area contributed by atoms with Crippen LogP contribution >= 0.6 is 11.8 Å². The standard InChI is InChI=1S/C16H20N2O5S/c1-16(2)13(15(21)22)18-14(24-16)11(8-19)17-12(20)9-23-10-6-4-3-5-7-10/h3-8,11,13-14,18H,9H2,1-2H3,(H,17,20)(H,21,22)/t11-,13+,14-/m1/s1. The van der Waals surface area contributed by atoms with Gasteiger partial charge in [-0.2, -0.15) is 0 Å². The zero-order valence-corrected chi connectivity index (χ0v) is 14.2. The highest BCUT2D eigenvalue weighted by Gasteiger charge is 2.47. The highest BCUT2D eigenvalue weighted by atomic mass is 32.2. The topological polar surface area (TPSA) is 105 Å². The summed E-state index contributed by atoms with van der Waals surface area (Å²) in [5, 5.41) is 14.2. The number of carbonyl (C=O) groups is 3. The summed E-state index contributed by atoms with van der Waals surface area (Å²) in [5.41, 5.74) is 0. The van der Waals surface area contributed by atoms with Crippen molar-refractivity contribution in [3.8, 4) is 5.75 Å². The number of para-hydroxylation sites is 1. The van der Waals surface area contributed by atoms with E-state index < -0.39 is 34.1 Å². The number of rotatable bonds is 7. The van der Waals surface area contributed by atoms with Crippen LogP contribution in [0, 0.1) is 0 Å². The lowest BCUT2D eigenvalue weighted by molar-refractivity contribution is -0.140. The van der Waals surface area contributed by atoms with Crippen molar-refractivity contribution in [1.29, 1.82) is 0 Å². The Morgan fingerprint density at radius 1 is 1.42 bits per heavy atom. The van der Waals surface area contributed by atoms with Crippen LogP contribution in [0.4, 0.5) is 0 Å². The van der Waals surface area contributed by atoms with Gasteiger partial charge in [-0.1, -0.05) is 18.2 Å². The number of amides is 1. The van der Waals surface area contributed by atoms with Crippen molar-refractivity contribution in [2.45, 2.75) is 36.1 Å². The number of aldehydes is 1. The first-order chi connectivity index (χ1) is 11.3. The van der Waals surface area contributed by atoms with Gasteiger partial charge in [-0.25, -0.2) is 0 Å². The number of benzene rings is 1. The highest BCUT2D eigenvalue weighted by molar-refractivity contribution is 8.01. The summed E-state index contributed by atoms with van der Waals surface area (Å²) in [4.78, 5) is 34.6. The van der Waals surface area contributed by atoms with E-state index in [4.69, 9.17) is 4.74 Å². The molecule has 7 nitrogen and oxygen atoms in total. The molecule has 0 aliphatic carbocycles. The van der Waals surface area contributed by atoms with Gasteiger partial charge >= 0.3 is 5.97 Å². The third kappa shape index (κ3) is 4.48. The van der Waals surface area contributed by atoms with Crippen LogP contribution in [0.3, 0.4) is 0 Å². The van der Waals surface area contributed by atoms with E-state index in [0.29, 0.717) is 12.0 Å². The van der Waals surface area contributed by atoms with Gasteiger partial charge in [0, 0.05) is 4.75 Å². The normalized spacial score (nSPS) is 23.2.